The van der Waals surface area contributed by atoms with Crippen molar-refractivity contribution in [3.05, 3.63) is 0 Å². The highest BCUT2D eigenvalue weighted by atomic mass is 31.2. The second kappa shape index (κ2) is 40.9. The number of carbonyl (C=O) groups is 2. The third-order valence-corrected chi connectivity index (χ3v) is 13.7. The maximum Gasteiger partial charge on any atom is 0.472 e. The van der Waals surface area contributed by atoms with Gasteiger partial charge in [-0.2, -0.15) is 0 Å². The maximum atomic E-state index is 12.8. The Labute approximate surface area is 389 Å². The third kappa shape index (κ3) is 32.5. The van der Waals surface area contributed by atoms with Crippen LogP contribution in [-0.2, 0) is 32.7 Å². The first-order valence-electron chi connectivity index (χ1n) is 26.3. The van der Waals surface area contributed by atoms with Crippen molar-refractivity contribution in [2.75, 3.05) is 13.2 Å². The molecule has 1 fully saturated rings. The lowest BCUT2D eigenvalue weighted by atomic mass is 9.85. The Bertz CT molecular complexity index is 1130. The summed E-state index contributed by atoms with van der Waals surface area (Å²) < 4.78 is 33.6. The molecule has 1 aliphatic carbocycles. The van der Waals surface area contributed by atoms with Crippen LogP contribution in [0.1, 0.15) is 251 Å². The first kappa shape index (κ1) is 60.9. The van der Waals surface area contributed by atoms with Gasteiger partial charge in [-0.05, 0) is 12.8 Å². The Balaban J connectivity index is 2.34. The number of esters is 2. The summed E-state index contributed by atoms with van der Waals surface area (Å²) in [5.74, 6) is -1.08. The number of phosphoric ester groups is 1. The van der Waals surface area contributed by atoms with Crippen molar-refractivity contribution in [3.63, 3.8) is 0 Å². The number of aliphatic hydroxyl groups excluding tert-OH is 5. The predicted molar refractivity (Wildman–Crippen MR) is 254 cm³/mol. The molecule has 0 amide bonds. The number of carbonyl (C=O) groups excluding carboxylic acids is 2. The van der Waals surface area contributed by atoms with Crippen LogP contribution in [0.4, 0.5) is 0 Å². The van der Waals surface area contributed by atoms with E-state index in [0.29, 0.717) is 12.8 Å². The van der Waals surface area contributed by atoms with Gasteiger partial charge < -0.3 is 39.9 Å². The highest BCUT2D eigenvalue weighted by Gasteiger charge is 2.51. The second-order valence-electron chi connectivity index (χ2n) is 18.7. The first-order valence-corrected chi connectivity index (χ1v) is 27.8. The topological polar surface area (TPSA) is 210 Å². The normalized spacial score (nSPS) is 21.4. The smallest absolute Gasteiger partial charge is 0.462 e. The van der Waals surface area contributed by atoms with Crippen LogP contribution in [0.25, 0.3) is 0 Å². The van der Waals surface area contributed by atoms with Gasteiger partial charge in [0.05, 0.1) is 6.61 Å². The molecule has 0 bridgehead atoms. The standard InChI is InChI=1S/C50H97O13P/c1-3-5-7-9-11-13-15-17-18-19-20-21-22-23-24-25-27-29-31-33-35-37-39-44(52)62-42(41-61-64(58,59)63-50-48(56)46(54)45(53)47(55)49(50)57)40-60-43(51)38-36-34-32-30-28-26-16-14-12-10-8-6-4-2/h42,45-50,53-57H,3-41H2,1-2H3,(H,58,59)/t42-,45?,46-,47?,48?,49?,50?/m1/s1. The Kier molecular flexibility index (Phi) is 38.9. The molecule has 1 saturated carbocycles. The minimum Gasteiger partial charge on any atom is -0.462 e. The zero-order valence-corrected chi connectivity index (χ0v) is 41.5. The summed E-state index contributed by atoms with van der Waals surface area (Å²) in [6.45, 7) is 3.34. The van der Waals surface area contributed by atoms with Crippen LogP contribution >= 0.6 is 7.82 Å². The number of rotatable bonds is 45. The summed E-state index contributed by atoms with van der Waals surface area (Å²) in [5.41, 5.74) is 0. The van der Waals surface area contributed by atoms with E-state index in [4.69, 9.17) is 18.5 Å². The zero-order valence-electron chi connectivity index (χ0n) is 40.6. The largest absolute Gasteiger partial charge is 0.472 e. The van der Waals surface area contributed by atoms with Crippen LogP contribution in [0.15, 0.2) is 0 Å². The van der Waals surface area contributed by atoms with Crippen molar-refractivity contribution >= 4 is 19.8 Å². The van der Waals surface area contributed by atoms with E-state index in [1.54, 1.807) is 0 Å². The van der Waals surface area contributed by atoms with Gasteiger partial charge in [0.1, 0.15) is 43.2 Å². The molecule has 380 valence electrons. The van der Waals surface area contributed by atoms with Gasteiger partial charge in [-0.25, -0.2) is 4.57 Å². The van der Waals surface area contributed by atoms with Crippen molar-refractivity contribution < 1.29 is 63.1 Å². The molecule has 8 atom stereocenters. The fraction of sp³-hybridized carbons (Fsp3) is 0.960. The first-order chi connectivity index (χ1) is 30.9. The van der Waals surface area contributed by atoms with E-state index in [0.717, 1.165) is 38.5 Å². The number of hydrogen-bond donors (Lipinski definition) is 6. The van der Waals surface area contributed by atoms with Crippen LogP contribution in [-0.4, -0.2) is 98.3 Å². The van der Waals surface area contributed by atoms with E-state index in [-0.39, 0.29) is 12.8 Å². The Morgan fingerprint density at radius 2 is 0.703 bits per heavy atom. The van der Waals surface area contributed by atoms with Gasteiger partial charge in [0, 0.05) is 12.8 Å². The summed E-state index contributed by atoms with van der Waals surface area (Å²) in [7, 11) is -5.11. The molecule has 6 N–H and O–H groups in total. The second-order valence-corrected chi connectivity index (χ2v) is 20.2. The van der Waals surface area contributed by atoms with E-state index in [2.05, 4.69) is 13.8 Å². The lowest BCUT2D eigenvalue weighted by molar-refractivity contribution is -0.220. The number of unbranched alkanes of at least 4 members (excludes halogenated alkanes) is 33. The minimum absolute atomic E-state index is 0.106. The molecular formula is C50H97O13P. The van der Waals surface area contributed by atoms with Gasteiger partial charge in [0.15, 0.2) is 6.10 Å². The van der Waals surface area contributed by atoms with Crippen LogP contribution in [0.2, 0.25) is 0 Å². The lowest BCUT2D eigenvalue weighted by Gasteiger charge is -2.41. The molecule has 0 aliphatic heterocycles. The summed E-state index contributed by atoms with van der Waals surface area (Å²) in [6.07, 6.45) is 30.1. The maximum absolute atomic E-state index is 12.8. The molecule has 6 unspecified atom stereocenters. The molecule has 0 heterocycles. The van der Waals surface area contributed by atoms with E-state index >= 15 is 0 Å². The zero-order chi connectivity index (χ0) is 47.1. The molecular weight excluding hydrogens is 840 g/mol. The van der Waals surface area contributed by atoms with E-state index in [1.165, 1.54) is 173 Å². The van der Waals surface area contributed by atoms with Gasteiger partial charge in [-0.1, -0.05) is 226 Å². The number of ether oxygens (including phenoxy) is 2. The van der Waals surface area contributed by atoms with Crippen LogP contribution in [0, 0.1) is 0 Å². The van der Waals surface area contributed by atoms with Crippen LogP contribution in [0.3, 0.4) is 0 Å². The molecule has 0 aromatic carbocycles. The van der Waals surface area contributed by atoms with Gasteiger partial charge in [-0.3, -0.25) is 18.6 Å². The molecule has 14 heteroatoms. The Morgan fingerprint density at radius 3 is 1.03 bits per heavy atom. The molecule has 64 heavy (non-hydrogen) atoms. The fourth-order valence-corrected chi connectivity index (χ4v) is 9.44. The molecule has 1 rings (SSSR count). The van der Waals surface area contributed by atoms with E-state index in [1.807, 2.05) is 0 Å². The van der Waals surface area contributed by atoms with E-state index < -0.39 is 75.7 Å². The van der Waals surface area contributed by atoms with Crippen molar-refractivity contribution in [3.8, 4) is 0 Å². The quantitative estimate of drug-likeness (QED) is 0.0191. The van der Waals surface area contributed by atoms with Crippen molar-refractivity contribution in [2.24, 2.45) is 0 Å². The highest BCUT2D eigenvalue weighted by Crippen LogP contribution is 2.47. The minimum atomic E-state index is -5.11. The van der Waals surface area contributed by atoms with Gasteiger partial charge in [0.25, 0.3) is 0 Å². The summed E-state index contributed by atoms with van der Waals surface area (Å²) in [5, 5.41) is 50.2. The van der Waals surface area contributed by atoms with Crippen LogP contribution < -0.4 is 0 Å². The predicted octanol–water partition coefficient (Wildman–Crippen LogP) is 11.2. The number of aliphatic hydroxyl groups is 5. The Hall–Kier alpha value is -1.15. The summed E-state index contributed by atoms with van der Waals surface area (Å²) in [6, 6.07) is 0. The average molecular weight is 937 g/mol. The molecule has 13 nitrogen and oxygen atoms in total. The molecule has 0 aromatic heterocycles. The number of hydrogen-bond acceptors (Lipinski definition) is 12. The van der Waals surface area contributed by atoms with Gasteiger partial charge in [-0.15, -0.1) is 0 Å². The van der Waals surface area contributed by atoms with Crippen molar-refractivity contribution in [1.29, 1.82) is 0 Å². The lowest BCUT2D eigenvalue weighted by Crippen LogP contribution is -2.64. The summed E-state index contributed by atoms with van der Waals surface area (Å²) in [4.78, 5) is 35.8. The monoisotopic (exact) mass is 937 g/mol. The SMILES string of the molecule is CCCCCCCCCCCCCCCCCCCCCCCCC(=O)O[C@H](COC(=O)CCCCCCCCCCCCCCC)COP(=O)(O)OC1C(O)C(O)C(O)[C@@H](O)C1O. The fourth-order valence-electron chi connectivity index (χ4n) is 8.47. The van der Waals surface area contributed by atoms with Gasteiger partial charge >= 0.3 is 19.8 Å². The van der Waals surface area contributed by atoms with Crippen molar-refractivity contribution in [1.82, 2.24) is 0 Å². The van der Waals surface area contributed by atoms with E-state index in [9.17, 15) is 44.6 Å². The van der Waals surface area contributed by atoms with Gasteiger partial charge in [0.2, 0.25) is 0 Å². The van der Waals surface area contributed by atoms with Crippen molar-refractivity contribution in [2.45, 2.75) is 294 Å². The third-order valence-electron chi connectivity index (χ3n) is 12.7. The summed E-state index contributed by atoms with van der Waals surface area (Å²) >= 11 is 0. The molecule has 0 spiro atoms. The molecule has 0 aromatic rings. The Morgan fingerprint density at radius 1 is 0.422 bits per heavy atom. The molecule has 1 aliphatic rings. The average Bonchev–Trinajstić information content (AvgIpc) is 3.28. The molecule has 0 radical (unpaired) electrons. The van der Waals surface area contributed by atoms with Crippen LogP contribution in [0.5, 0.6) is 0 Å². The number of phosphoric acid groups is 1. The highest BCUT2D eigenvalue weighted by molar-refractivity contribution is 7.47. The molecule has 0 saturated heterocycles.